The number of hydrogen-bond acceptors (Lipinski definition) is 4. The fourth-order valence-electron chi connectivity index (χ4n) is 3.40. The highest BCUT2D eigenvalue weighted by Crippen LogP contribution is 2.23. The number of aromatic amines is 1. The Kier molecular flexibility index (Phi) is 4.02. The van der Waals surface area contributed by atoms with Crippen LogP contribution in [0.1, 0.15) is 37.7 Å². The van der Waals surface area contributed by atoms with Gasteiger partial charge in [-0.2, -0.15) is 0 Å². The highest BCUT2D eigenvalue weighted by molar-refractivity contribution is 5.73. The smallest absolute Gasteiger partial charge is 0.278 e. The third-order valence-electron chi connectivity index (χ3n) is 4.66. The number of benzene rings is 1. The van der Waals surface area contributed by atoms with Crippen LogP contribution in [0.15, 0.2) is 41.5 Å². The zero-order valence-electron chi connectivity index (χ0n) is 13.5. The van der Waals surface area contributed by atoms with Crippen molar-refractivity contribution in [3.8, 4) is 0 Å². The minimum atomic E-state index is -0.196. The minimum Gasteiger partial charge on any atom is -0.353 e. The molecule has 1 aromatic carbocycles. The van der Waals surface area contributed by atoms with Crippen LogP contribution in [-0.4, -0.2) is 25.6 Å². The van der Waals surface area contributed by atoms with Crippen LogP contribution in [0.2, 0.25) is 0 Å². The molecule has 0 unspecified atom stereocenters. The Balaban J connectivity index is 1.74. The summed E-state index contributed by atoms with van der Waals surface area (Å²) >= 11 is 0. The zero-order valence-corrected chi connectivity index (χ0v) is 13.5. The molecule has 4 rings (SSSR count). The average Bonchev–Trinajstić information content (AvgIpc) is 2.96. The fourth-order valence-corrected chi connectivity index (χ4v) is 3.40. The van der Waals surface area contributed by atoms with Crippen molar-refractivity contribution >= 4 is 17.1 Å². The summed E-state index contributed by atoms with van der Waals surface area (Å²) in [7, 11) is 0. The van der Waals surface area contributed by atoms with Crippen molar-refractivity contribution in [3.63, 3.8) is 0 Å². The van der Waals surface area contributed by atoms with Gasteiger partial charge in [0.15, 0.2) is 11.2 Å². The number of imidazole rings is 1. The Morgan fingerprint density at radius 1 is 1.17 bits per heavy atom. The lowest BCUT2D eigenvalue weighted by Gasteiger charge is -2.23. The monoisotopic (exact) mass is 323 g/mol. The molecule has 6 nitrogen and oxygen atoms in total. The summed E-state index contributed by atoms with van der Waals surface area (Å²) in [6.07, 6.45) is 7.54. The predicted molar refractivity (Wildman–Crippen MR) is 94.2 cm³/mol. The number of hydrogen-bond donors (Lipinski definition) is 2. The molecule has 1 aliphatic carbocycles. The zero-order chi connectivity index (χ0) is 16.4. The maximum absolute atomic E-state index is 12.1. The maximum Gasteiger partial charge on any atom is 0.278 e. The molecule has 2 aromatic heterocycles. The molecule has 6 heteroatoms. The van der Waals surface area contributed by atoms with Crippen LogP contribution in [0.25, 0.3) is 11.2 Å². The number of H-pyrrole nitrogens is 1. The van der Waals surface area contributed by atoms with Gasteiger partial charge >= 0.3 is 0 Å². The lowest BCUT2D eigenvalue weighted by Crippen LogP contribution is -2.24. The largest absolute Gasteiger partial charge is 0.353 e. The van der Waals surface area contributed by atoms with E-state index in [1.54, 1.807) is 0 Å². The van der Waals surface area contributed by atoms with Crippen molar-refractivity contribution in [2.24, 2.45) is 0 Å². The van der Waals surface area contributed by atoms with Crippen molar-refractivity contribution in [1.29, 1.82) is 0 Å². The summed E-state index contributed by atoms with van der Waals surface area (Å²) in [5, 5.41) is 3.55. The molecule has 0 aliphatic heterocycles. The molecular weight excluding hydrogens is 302 g/mol. The van der Waals surface area contributed by atoms with Crippen LogP contribution in [0.5, 0.6) is 0 Å². The molecule has 3 aromatic rings. The number of fused-ring (bicyclic) bond motifs is 1. The Bertz CT molecular complexity index is 877. The summed E-state index contributed by atoms with van der Waals surface area (Å²) in [6, 6.07) is 10.6. The second-order valence-corrected chi connectivity index (χ2v) is 6.39. The summed E-state index contributed by atoms with van der Waals surface area (Å²) in [5.41, 5.74) is 1.98. The summed E-state index contributed by atoms with van der Waals surface area (Å²) < 4.78 is 2.01. The van der Waals surface area contributed by atoms with Gasteiger partial charge in [0.25, 0.3) is 5.56 Å². The van der Waals surface area contributed by atoms with Gasteiger partial charge in [0.1, 0.15) is 0 Å². The van der Waals surface area contributed by atoms with Gasteiger partial charge in [-0.1, -0.05) is 49.6 Å². The predicted octanol–water partition coefficient (Wildman–Crippen LogP) is 2.91. The number of nitrogens with one attached hydrogen (secondary N) is 2. The first-order valence-corrected chi connectivity index (χ1v) is 8.55. The van der Waals surface area contributed by atoms with E-state index >= 15 is 0 Å². The van der Waals surface area contributed by atoms with Gasteiger partial charge in [0.05, 0.1) is 12.9 Å². The SMILES string of the molecule is O=c1[nH]cnc2c1nc(NC1CCCCC1)n2Cc1ccccc1. The summed E-state index contributed by atoms with van der Waals surface area (Å²) in [5.74, 6) is 0.741. The topological polar surface area (TPSA) is 75.6 Å². The van der Waals surface area contributed by atoms with Crippen molar-refractivity contribution < 1.29 is 0 Å². The summed E-state index contributed by atoms with van der Waals surface area (Å²) in [6.45, 7) is 0.642. The van der Waals surface area contributed by atoms with E-state index in [1.165, 1.54) is 25.6 Å². The van der Waals surface area contributed by atoms with E-state index in [2.05, 4.69) is 32.4 Å². The fraction of sp³-hybridized carbons (Fsp3) is 0.389. The maximum atomic E-state index is 12.1. The van der Waals surface area contributed by atoms with E-state index in [-0.39, 0.29) is 5.56 Å². The molecule has 2 N–H and O–H groups in total. The van der Waals surface area contributed by atoms with E-state index in [4.69, 9.17) is 0 Å². The normalized spacial score (nSPS) is 15.7. The van der Waals surface area contributed by atoms with Crippen LogP contribution in [0.3, 0.4) is 0 Å². The Morgan fingerprint density at radius 2 is 1.96 bits per heavy atom. The Labute approximate surface area is 140 Å². The van der Waals surface area contributed by atoms with Gasteiger partial charge in [-0.05, 0) is 18.4 Å². The van der Waals surface area contributed by atoms with Crippen molar-refractivity contribution in [2.75, 3.05) is 5.32 Å². The lowest BCUT2D eigenvalue weighted by molar-refractivity contribution is 0.459. The molecule has 0 spiro atoms. The third-order valence-corrected chi connectivity index (χ3v) is 4.66. The van der Waals surface area contributed by atoms with Gasteiger partial charge in [0, 0.05) is 6.04 Å². The van der Waals surface area contributed by atoms with E-state index in [0.717, 1.165) is 24.4 Å². The first-order chi connectivity index (χ1) is 11.8. The lowest BCUT2D eigenvalue weighted by atomic mass is 9.96. The van der Waals surface area contributed by atoms with Gasteiger partial charge in [-0.15, -0.1) is 0 Å². The first kappa shape index (κ1) is 14.9. The van der Waals surface area contributed by atoms with Gasteiger partial charge in [0.2, 0.25) is 5.95 Å². The van der Waals surface area contributed by atoms with Crippen molar-refractivity contribution in [3.05, 3.63) is 52.6 Å². The molecule has 124 valence electrons. The molecule has 1 fully saturated rings. The molecule has 2 heterocycles. The molecule has 0 radical (unpaired) electrons. The van der Waals surface area contributed by atoms with Crippen LogP contribution in [0, 0.1) is 0 Å². The quantitative estimate of drug-likeness (QED) is 0.774. The second-order valence-electron chi connectivity index (χ2n) is 6.39. The van der Waals surface area contributed by atoms with Gasteiger partial charge in [-0.25, -0.2) is 9.97 Å². The van der Waals surface area contributed by atoms with Crippen molar-refractivity contribution in [1.82, 2.24) is 19.5 Å². The van der Waals surface area contributed by atoms with E-state index in [9.17, 15) is 4.79 Å². The second kappa shape index (κ2) is 6.47. The van der Waals surface area contributed by atoms with Crippen LogP contribution in [0.4, 0.5) is 5.95 Å². The first-order valence-electron chi connectivity index (χ1n) is 8.55. The molecule has 0 bridgehead atoms. The van der Waals surface area contributed by atoms with E-state index in [1.807, 2.05) is 22.8 Å². The molecule has 24 heavy (non-hydrogen) atoms. The van der Waals surface area contributed by atoms with E-state index in [0.29, 0.717) is 23.8 Å². The molecule has 0 atom stereocenters. The molecule has 0 amide bonds. The highest BCUT2D eigenvalue weighted by atomic mass is 16.1. The number of anilines is 1. The molecular formula is C18H21N5O. The Morgan fingerprint density at radius 3 is 2.75 bits per heavy atom. The number of rotatable bonds is 4. The number of aromatic nitrogens is 4. The Hall–Kier alpha value is -2.63. The third kappa shape index (κ3) is 2.91. The van der Waals surface area contributed by atoms with Crippen LogP contribution >= 0.6 is 0 Å². The molecule has 0 saturated heterocycles. The molecule has 1 aliphatic rings. The highest BCUT2D eigenvalue weighted by Gasteiger charge is 2.19. The van der Waals surface area contributed by atoms with Gasteiger partial charge < -0.3 is 10.3 Å². The average molecular weight is 323 g/mol. The summed E-state index contributed by atoms with van der Waals surface area (Å²) in [4.78, 5) is 23.6. The standard InChI is InChI=1S/C18H21N5O/c24-17-15-16(19-12-20-17)23(11-13-7-3-1-4-8-13)18(22-15)21-14-9-5-2-6-10-14/h1,3-4,7-8,12,14H,2,5-6,9-11H2,(H,21,22)(H,19,20,24). The van der Waals surface area contributed by atoms with Crippen LogP contribution in [-0.2, 0) is 6.54 Å². The minimum absolute atomic E-state index is 0.196. The van der Waals surface area contributed by atoms with Crippen LogP contribution < -0.4 is 10.9 Å². The number of nitrogens with zero attached hydrogens (tertiary/aromatic N) is 3. The van der Waals surface area contributed by atoms with E-state index < -0.39 is 0 Å². The van der Waals surface area contributed by atoms with Crippen molar-refractivity contribution in [2.45, 2.75) is 44.7 Å². The van der Waals surface area contributed by atoms with Gasteiger partial charge in [-0.3, -0.25) is 9.36 Å². The molecule has 1 saturated carbocycles.